The third-order valence-corrected chi connectivity index (χ3v) is 0. The summed E-state index contributed by atoms with van der Waals surface area (Å²) >= 11 is 0. The number of rotatable bonds is 0. The fourth-order valence-corrected chi connectivity index (χ4v) is 0. The molecular formula is CH4N2O4. The van der Waals surface area contributed by atoms with Crippen LogP contribution in [0.1, 0.15) is 0 Å². The second kappa shape index (κ2) is 103. The van der Waals surface area contributed by atoms with Crippen molar-refractivity contribution in [2.45, 2.75) is 0 Å². The van der Waals surface area contributed by atoms with E-state index in [2.05, 4.69) is 5.73 Å². The lowest BCUT2D eigenvalue weighted by Crippen LogP contribution is -2.53. The molecule has 0 unspecified atom stereocenters. The van der Waals surface area contributed by atoms with Crippen molar-refractivity contribution in [3.05, 3.63) is 10.1 Å². The monoisotopic (exact) mass is 108 g/mol. The quantitative estimate of drug-likeness (QED) is 0.176. The molecule has 1 amide bonds. The van der Waals surface area contributed by atoms with E-state index in [1.54, 1.807) is 0 Å². The summed E-state index contributed by atoms with van der Waals surface area (Å²) in [6, 6.07) is 0. The lowest BCUT2D eigenvalue weighted by atomic mass is 11.5. The highest BCUT2D eigenvalue weighted by Gasteiger charge is 1.25. The first-order chi connectivity index (χ1) is 2.83. The van der Waals surface area contributed by atoms with Gasteiger partial charge in [-0.05, 0) is 0 Å². The molecule has 0 aliphatic rings. The second-order valence-electron chi connectivity index (χ2n) is 0.201. The van der Waals surface area contributed by atoms with E-state index < -0.39 is 0 Å². The Bertz CT molecular complexity index is 30.7. The summed E-state index contributed by atoms with van der Waals surface area (Å²) < 4.78 is 0. The van der Waals surface area contributed by atoms with Crippen molar-refractivity contribution in [2.75, 3.05) is 0 Å². The minimum Gasteiger partial charge on any atom is -0.361 e. The number of hydrogen-bond donors (Lipinski definition) is 3. The predicted octanol–water partition coefficient (Wildman–Crippen LogP) is -2.83. The zero-order chi connectivity index (χ0) is 5.41. The molecule has 0 atom stereocenters. The fraction of sp³-hybridized carbons (Fsp3) is 0. The van der Waals surface area contributed by atoms with Gasteiger partial charge in [0.15, 0.2) is 0 Å². The molecule has 0 rings (SSSR count). The SMILES string of the molecule is N[C]=O.O=[NH+][O-].[OH]. The van der Waals surface area contributed by atoms with Gasteiger partial charge in [0.05, 0.1) is 0 Å². The van der Waals surface area contributed by atoms with Crippen molar-refractivity contribution >= 4 is 6.41 Å². The number of nitrogens with two attached hydrogens (primary N) is 1. The number of nitrogens with one attached hydrogen (secondary N) is 1. The van der Waals surface area contributed by atoms with Crippen LogP contribution in [0.5, 0.6) is 0 Å². The topological polar surface area (TPSA) is 127 Å². The Hall–Kier alpha value is -1.17. The molecule has 0 saturated carbocycles. The van der Waals surface area contributed by atoms with Crippen LogP contribution in [-0.2, 0) is 4.79 Å². The van der Waals surface area contributed by atoms with E-state index in [-0.39, 0.29) is 10.8 Å². The van der Waals surface area contributed by atoms with Gasteiger partial charge in [0.1, 0.15) is 0 Å². The number of amides is 1. The molecular weight excluding hydrogens is 104 g/mol. The van der Waals surface area contributed by atoms with Gasteiger partial charge in [0.2, 0.25) is 0 Å². The number of primary amides is 1. The van der Waals surface area contributed by atoms with Gasteiger partial charge < -0.3 is 5.73 Å². The molecule has 0 aliphatic heterocycles. The number of carbonyl (C=O) groups excluding carboxylic acids is 1. The minimum absolute atomic E-state index is 0. The third-order valence-electron chi connectivity index (χ3n) is 0. The lowest BCUT2D eigenvalue weighted by Gasteiger charge is -1.36. The zero-order valence-electron chi connectivity index (χ0n) is 3.25. The summed E-state index contributed by atoms with van der Waals surface area (Å²) in [5.41, 5.74) is 4.04. The summed E-state index contributed by atoms with van der Waals surface area (Å²) in [6.07, 6.45) is 1.00. The Morgan fingerprint density at radius 3 is 1.71 bits per heavy atom. The van der Waals surface area contributed by atoms with Crippen LogP contribution >= 0.6 is 0 Å². The molecule has 0 spiro atoms. The molecule has 6 heteroatoms. The number of hydrogen-bond acceptors (Lipinski definition) is 3. The van der Waals surface area contributed by atoms with Crippen LogP contribution in [0, 0.1) is 10.1 Å². The van der Waals surface area contributed by atoms with E-state index in [1.165, 1.54) is 0 Å². The van der Waals surface area contributed by atoms with Gasteiger partial charge in [0, 0.05) is 5.34 Å². The van der Waals surface area contributed by atoms with Crippen LogP contribution in [0.3, 0.4) is 0 Å². The standard InChI is InChI=1S/CH2NO.HNO2.HO/c2*2-1-3;/h(H2,2,3);1H;1H. The van der Waals surface area contributed by atoms with Crippen LogP contribution in [0.4, 0.5) is 0 Å². The highest BCUT2D eigenvalue weighted by molar-refractivity contribution is 5.43. The third kappa shape index (κ3) is 28.3. The average molecular weight is 108 g/mol. The van der Waals surface area contributed by atoms with Gasteiger partial charge in [-0.3, -0.25) is 20.4 Å². The molecule has 7 heavy (non-hydrogen) atoms. The maximum absolute atomic E-state index is 8.46. The Morgan fingerprint density at radius 1 is 1.71 bits per heavy atom. The van der Waals surface area contributed by atoms with Gasteiger partial charge in [-0.15, -0.1) is 0 Å². The van der Waals surface area contributed by atoms with Crippen LogP contribution in [0.15, 0.2) is 0 Å². The Morgan fingerprint density at radius 2 is 1.71 bits per heavy atom. The molecule has 0 saturated heterocycles. The Balaban J connectivity index is -0.0000000400. The highest BCUT2D eigenvalue weighted by atomic mass is 16.6. The van der Waals surface area contributed by atoms with Crippen molar-refractivity contribution in [3.63, 3.8) is 0 Å². The van der Waals surface area contributed by atoms with E-state index >= 15 is 0 Å². The second-order valence-corrected chi connectivity index (χ2v) is 0.201. The first kappa shape index (κ1) is 17.0. The first-order valence-electron chi connectivity index (χ1n) is 0.901. The molecule has 42 valence electrons. The first-order valence-corrected chi connectivity index (χ1v) is 0.901. The predicted molar refractivity (Wildman–Crippen MR) is 19.5 cm³/mol. The molecule has 0 aromatic heterocycles. The van der Waals surface area contributed by atoms with Gasteiger partial charge >= 0.3 is 6.41 Å². The maximum Gasteiger partial charge on any atom is 0.306 e. The van der Waals surface area contributed by atoms with E-state index in [4.69, 9.17) is 14.9 Å². The molecule has 6 nitrogen and oxygen atoms in total. The molecule has 0 aromatic carbocycles. The molecule has 0 heterocycles. The molecule has 0 bridgehead atoms. The molecule has 0 fully saturated rings. The van der Waals surface area contributed by atoms with Gasteiger partial charge in [-0.2, -0.15) is 0 Å². The minimum atomic E-state index is 0. The molecule has 0 aliphatic carbocycles. The molecule has 0 aromatic rings. The van der Waals surface area contributed by atoms with E-state index in [1.807, 2.05) is 0 Å². The largest absolute Gasteiger partial charge is 0.361 e. The summed E-state index contributed by atoms with van der Waals surface area (Å²) in [6.45, 7) is 0. The lowest BCUT2D eigenvalue weighted by molar-refractivity contribution is -0.398. The van der Waals surface area contributed by atoms with E-state index in [9.17, 15) is 0 Å². The van der Waals surface area contributed by atoms with Crippen LogP contribution < -0.4 is 11.1 Å². The summed E-state index contributed by atoms with van der Waals surface area (Å²) in [4.78, 5) is 16.6. The van der Waals surface area contributed by atoms with Crippen molar-refractivity contribution < 1.29 is 15.6 Å². The van der Waals surface area contributed by atoms with Crippen molar-refractivity contribution in [2.24, 2.45) is 5.73 Å². The van der Waals surface area contributed by atoms with Crippen molar-refractivity contribution in [1.29, 1.82) is 0 Å². The van der Waals surface area contributed by atoms with Crippen LogP contribution in [0.2, 0.25) is 0 Å². The highest BCUT2D eigenvalue weighted by Crippen LogP contribution is 0.809. The molecule has 4 N–H and O–H groups in total. The zero-order valence-corrected chi connectivity index (χ0v) is 3.25. The average Bonchev–Trinajstić information content (AvgIpc) is 1.39. The van der Waals surface area contributed by atoms with Gasteiger partial charge in [-0.25, -0.2) is 0 Å². The van der Waals surface area contributed by atoms with Crippen molar-refractivity contribution in [1.82, 2.24) is 0 Å². The van der Waals surface area contributed by atoms with Crippen molar-refractivity contribution in [3.8, 4) is 0 Å². The Labute approximate surface area is 39.2 Å². The summed E-state index contributed by atoms with van der Waals surface area (Å²) in [7, 11) is 0. The van der Waals surface area contributed by atoms with E-state index in [0.717, 1.165) is 6.41 Å². The van der Waals surface area contributed by atoms with Gasteiger partial charge in [-0.1, -0.05) is 0 Å². The summed E-state index contributed by atoms with van der Waals surface area (Å²) in [5, 5.41) is 8.38. The van der Waals surface area contributed by atoms with Crippen LogP contribution in [-0.4, -0.2) is 11.9 Å². The summed E-state index contributed by atoms with van der Waals surface area (Å²) in [5.74, 6) is 0. The molecule has 2 radical (unpaired) electrons. The maximum atomic E-state index is 8.46. The van der Waals surface area contributed by atoms with Crippen LogP contribution in [0.25, 0.3) is 0 Å². The Kier molecular flexibility index (Phi) is 250. The van der Waals surface area contributed by atoms with E-state index in [0.29, 0.717) is 0 Å². The smallest absolute Gasteiger partial charge is 0.306 e. The fourth-order valence-electron chi connectivity index (χ4n) is 0. The van der Waals surface area contributed by atoms with Gasteiger partial charge in [0.25, 0.3) is 0 Å². The normalized spacial score (nSPS) is 3.43.